The highest BCUT2D eigenvalue weighted by atomic mass is 15.3. The Bertz CT molecular complexity index is 513. The maximum atomic E-state index is 4.60. The fourth-order valence-electron chi connectivity index (χ4n) is 2.17. The molecule has 0 saturated carbocycles. The van der Waals surface area contributed by atoms with Crippen molar-refractivity contribution in [3.05, 3.63) is 47.8 Å². The van der Waals surface area contributed by atoms with Crippen LogP contribution in [0.25, 0.3) is 0 Å². The molecule has 0 saturated heterocycles. The Morgan fingerprint density at radius 3 is 2.55 bits per heavy atom. The van der Waals surface area contributed by atoms with Crippen molar-refractivity contribution in [1.82, 2.24) is 9.78 Å². The van der Waals surface area contributed by atoms with Crippen LogP contribution in [0.2, 0.25) is 0 Å². The van der Waals surface area contributed by atoms with Crippen molar-refractivity contribution in [2.45, 2.75) is 52.6 Å². The lowest BCUT2D eigenvalue weighted by molar-refractivity contribution is 0.474. The minimum atomic E-state index is 0.470. The first-order valence-corrected chi connectivity index (χ1v) is 7.59. The fourth-order valence-corrected chi connectivity index (χ4v) is 2.17. The van der Waals surface area contributed by atoms with Crippen LogP contribution in [0.15, 0.2) is 36.5 Å². The van der Waals surface area contributed by atoms with Crippen molar-refractivity contribution in [3.63, 3.8) is 0 Å². The normalized spacial score (nSPS) is 12.3. The number of hydrogen-bond acceptors (Lipinski definition) is 2. The van der Waals surface area contributed by atoms with Gasteiger partial charge >= 0.3 is 0 Å². The third-order valence-corrected chi connectivity index (χ3v) is 3.67. The Morgan fingerprint density at radius 2 is 1.90 bits per heavy atom. The highest BCUT2D eigenvalue weighted by Gasteiger charge is 2.04. The number of anilines is 1. The van der Waals surface area contributed by atoms with Gasteiger partial charge in [0.25, 0.3) is 0 Å². The summed E-state index contributed by atoms with van der Waals surface area (Å²) in [6, 6.07) is 11.3. The van der Waals surface area contributed by atoms with Crippen LogP contribution >= 0.6 is 0 Å². The monoisotopic (exact) mass is 271 g/mol. The van der Waals surface area contributed by atoms with Crippen molar-refractivity contribution in [3.8, 4) is 0 Å². The number of benzene rings is 1. The molecule has 0 spiro atoms. The summed E-state index contributed by atoms with van der Waals surface area (Å²) in [4.78, 5) is 0. The number of rotatable bonds is 7. The predicted molar refractivity (Wildman–Crippen MR) is 85.0 cm³/mol. The van der Waals surface area contributed by atoms with Gasteiger partial charge in [-0.15, -0.1) is 0 Å². The molecule has 1 unspecified atom stereocenters. The topological polar surface area (TPSA) is 29.9 Å². The van der Waals surface area contributed by atoms with E-state index in [1.807, 2.05) is 4.68 Å². The second kappa shape index (κ2) is 7.13. The number of aryl methyl sites for hydroxylation is 1. The molecule has 3 heteroatoms. The van der Waals surface area contributed by atoms with Crippen molar-refractivity contribution in [1.29, 1.82) is 0 Å². The molecular formula is C17H25N3. The Hall–Kier alpha value is -1.77. The summed E-state index contributed by atoms with van der Waals surface area (Å²) >= 11 is 0. The van der Waals surface area contributed by atoms with E-state index < -0.39 is 0 Å². The molecule has 20 heavy (non-hydrogen) atoms. The summed E-state index contributed by atoms with van der Waals surface area (Å²) in [7, 11) is 0. The minimum absolute atomic E-state index is 0.470. The van der Waals surface area contributed by atoms with Crippen molar-refractivity contribution in [2.24, 2.45) is 0 Å². The van der Waals surface area contributed by atoms with Gasteiger partial charge in [0, 0.05) is 17.9 Å². The molecule has 2 aromatic rings. The van der Waals surface area contributed by atoms with Gasteiger partial charge in [-0.1, -0.05) is 32.4 Å². The number of nitrogens with one attached hydrogen (secondary N) is 1. The predicted octanol–water partition coefficient (Wildman–Crippen LogP) is 4.42. The van der Waals surface area contributed by atoms with Crippen LogP contribution in [-0.4, -0.2) is 9.78 Å². The van der Waals surface area contributed by atoms with Crippen LogP contribution in [0.5, 0.6) is 0 Å². The van der Waals surface area contributed by atoms with Crippen molar-refractivity contribution < 1.29 is 0 Å². The smallest absolute Gasteiger partial charge is 0.0815 e. The van der Waals surface area contributed by atoms with E-state index in [1.54, 1.807) is 0 Å². The maximum absolute atomic E-state index is 4.60. The summed E-state index contributed by atoms with van der Waals surface area (Å²) in [6.45, 7) is 7.36. The molecule has 0 aliphatic rings. The first kappa shape index (κ1) is 14.6. The maximum Gasteiger partial charge on any atom is 0.0815 e. The Morgan fingerprint density at radius 1 is 1.15 bits per heavy atom. The summed E-state index contributed by atoms with van der Waals surface area (Å²) in [5.74, 6) is 0. The number of aromatic nitrogens is 2. The number of nitrogens with zero attached hydrogens (tertiary/aromatic N) is 2. The largest absolute Gasteiger partial charge is 0.379 e. The molecule has 2 rings (SSSR count). The van der Waals surface area contributed by atoms with Gasteiger partial charge < -0.3 is 5.32 Å². The zero-order valence-electron chi connectivity index (χ0n) is 12.8. The van der Waals surface area contributed by atoms with Crippen molar-refractivity contribution >= 4 is 5.69 Å². The third kappa shape index (κ3) is 3.86. The molecule has 0 bridgehead atoms. The van der Waals surface area contributed by atoms with Gasteiger partial charge in [0.15, 0.2) is 0 Å². The summed E-state index contributed by atoms with van der Waals surface area (Å²) in [6.07, 6.45) is 5.52. The molecule has 0 aliphatic carbocycles. The van der Waals surface area contributed by atoms with Crippen LogP contribution in [0, 0.1) is 0 Å². The molecule has 0 fully saturated rings. The van der Waals surface area contributed by atoms with E-state index in [4.69, 9.17) is 0 Å². The first-order valence-electron chi connectivity index (χ1n) is 7.59. The highest BCUT2D eigenvalue weighted by molar-refractivity contribution is 5.44. The van der Waals surface area contributed by atoms with Gasteiger partial charge in [0.05, 0.1) is 12.2 Å². The van der Waals surface area contributed by atoms with E-state index in [0.717, 1.165) is 30.8 Å². The van der Waals surface area contributed by atoms with Crippen LogP contribution in [0.4, 0.5) is 5.69 Å². The fraction of sp³-hybridized carbons (Fsp3) is 0.471. The lowest BCUT2D eigenvalue weighted by Gasteiger charge is -2.09. The molecule has 1 aromatic carbocycles. The van der Waals surface area contributed by atoms with Gasteiger partial charge in [-0.25, -0.2) is 0 Å². The van der Waals surface area contributed by atoms with E-state index >= 15 is 0 Å². The molecular weight excluding hydrogens is 246 g/mol. The van der Waals surface area contributed by atoms with E-state index in [9.17, 15) is 0 Å². The van der Waals surface area contributed by atoms with Crippen molar-refractivity contribution in [2.75, 3.05) is 5.32 Å². The average molecular weight is 271 g/mol. The third-order valence-electron chi connectivity index (χ3n) is 3.67. The standard InChI is InChI=1S/C17H25N3/c1-4-6-15-7-9-16(10-8-15)18-13-17-11-12-20(19-17)14(3)5-2/h7-12,14,18H,4-6,13H2,1-3H3. The van der Waals surface area contributed by atoms with Gasteiger partial charge in [0.2, 0.25) is 0 Å². The van der Waals surface area contributed by atoms with Crippen LogP contribution in [0.3, 0.4) is 0 Å². The van der Waals surface area contributed by atoms with Gasteiger partial charge in [0.1, 0.15) is 0 Å². The van der Waals surface area contributed by atoms with Gasteiger partial charge in [-0.05, 0) is 43.5 Å². The Kier molecular flexibility index (Phi) is 5.22. The lowest BCUT2D eigenvalue weighted by Crippen LogP contribution is -2.06. The number of hydrogen-bond donors (Lipinski definition) is 1. The second-order valence-electron chi connectivity index (χ2n) is 5.34. The molecule has 0 amide bonds. The average Bonchev–Trinajstić information content (AvgIpc) is 2.95. The molecule has 3 nitrogen and oxygen atoms in total. The SMILES string of the molecule is CCCc1ccc(NCc2ccn(C(C)CC)n2)cc1. The molecule has 0 aliphatic heterocycles. The molecule has 1 heterocycles. The second-order valence-corrected chi connectivity index (χ2v) is 5.34. The molecule has 1 aromatic heterocycles. The zero-order valence-corrected chi connectivity index (χ0v) is 12.8. The quantitative estimate of drug-likeness (QED) is 0.808. The van der Waals surface area contributed by atoms with Gasteiger partial charge in [-0.3, -0.25) is 4.68 Å². The van der Waals surface area contributed by atoms with Crippen LogP contribution in [-0.2, 0) is 13.0 Å². The van der Waals surface area contributed by atoms with Crippen LogP contribution < -0.4 is 5.32 Å². The molecule has 1 atom stereocenters. The lowest BCUT2D eigenvalue weighted by atomic mass is 10.1. The minimum Gasteiger partial charge on any atom is -0.379 e. The Labute approximate surface area is 122 Å². The first-order chi connectivity index (χ1) is 9.72. The highest BCUT2D eigenvalue weighted by Crippen LogP contribution is 2.13. The summed E-state index contributed by atoms with van der Waals surface area (Å²) in [5, 5.41) is 8.02. The van der Waals surface area contributed by atoms with Gasteiger partial charge in [-0.2, -0.15) is 5.10 Å². The van der Waals surface area contributed by atoms with E-state index in [0.29, 0.717) is 6.04 Å². The molecule has 0 radical (unpaired) electrons. The van der Waals surface area contributed by atoms with E-state index in [-0.39, 0.29) is 0 Å². The molecule has 1 N–H and O–H groups in total. The Balaban J connectivity index is 1.89. The van der Waals surface area contributed by atoms with E-state index in [2.05, 4.69) is 67.7 Å². The zero-order chi connectivity index (χ0) is 14.4. The van der Waals surface area contributed by atoms with E-state index in [1.165, 1.54) is 12.0 Å². The summed E-state index contributed by atoms with van der Waals surface area (Å²) in [5.41, 5.74) is 3.64. The van der Waals surface area contributed by atoms with Crippen LogP contribution in [0.1, 0.15) is 50.9 Å². The molecule has 108 valence electrons. The summed E-state index contributed by atoms with van der Waals surface area (Å²) < 4.78 is 2.04.